The van der Waals surface area contributed by atoms with Crippen LogP contribution in [0.2, 0.25) is 0 Å². The maximum absolute atomic E-state index is 11.3. The van der Waals surface area contributed by atoms with Gasteiger partial charge in [-0.2, -0.15) is 0 Å². The van der Waals surface area contributed by atoms with Gasteiger partial charge in [-0.25, -0.2) is 9.59 Å². The van der Waals surface area contributed by atoms with Crippen LogP contribution in [0.4, 0.5) is 0 Å². The second kappa shape index (κ2) is 7.99. The van der Waals surface area contributed by atoms with Crippen molar-refractivity contribution in [2.45, 2.75) is 26.3 Å². The number of hydrogen-bond acceptors (Lipinski definition) is 4. The summed E-state index contributed by atoms with van der Waals surface area (Å²) in [7, 11) is 0. The molecule has 1 unspecified atom stereocenters. The van der Waals surface area contributed by atoms with Crippen molar-refractivity contribution >= 4 is 11.9 Å². The summed E-state index contributed by atoms with van der Waals surface area (Å²) in [4.78, 5) is 22.5. The fraction of sp³-hybridized carbons (Fsp3) is 0.333. The Bertz CT molecular complexity index is 482. The molecule has 5 heteroatoms. The molecule has 2 N–H and O–H groups in total. The van der Waals surface area contributed by atoms with Crippen molar-refractivity contribution in [2.24, 2.45) is 0 Å². The van der Waals surface area contributed by atoms with Gasteiger partial charge in [0, 0.05) is 18.2 Å². The molecule has 0 saturated carbocycles. The third kappa shape index (κ3) is 5.56. The number of esters is 1. The fourth-order valence-electron chi connectivity index (χ4n) is 1.73. The second-order valence-corrected chi connectivity index (χ2v) is 4.30. The highest BCUT2D eigenvalue weighted by Gasteiger charge is 2.17. The Morgan fingerprint density at radius 2 is 2.00 bits per heavy atom. The van der Waals surface area contributed by atoms with Crippen LogP contribution in [0.15, 0.2) is 42.1 Å². The first kappa shape index (κ1) is 15.8. The van der Waals surface area contributed by atoms with E-state index in [9.17, 15) is 14.7 Å². The number of rotatable bonds is 7. The standard InChI is InChI=1S/C15H19NO4/c1-3-20-14(17)9-11(2)16-13(15(18)19)10-12-7-5-4-6-8-12/h4-9,13,16H,3,10H2,1-2H3,(H,18,19)/b11-9+. The minimum absolute atomic E-state index is 0.287. The lowest BCUT2D eigenvalue weighted by molar-refractivity contribution is -0.140. The molecule has 0 radical (unpaired) electrons. The molecular weight excluding hydrogens is 258 g/mol. The number of hydrogen-bond donors (Lipinski definition) is 2. The lowest BCUT2D eigenvalue weighted by Crippen LogP contribution is -2.37. The quantitative estimate of drug-likeness (QED) is 0.586. The zero-order valence-electron chi connectivity index (χ0n) is 11.6. The SMILES string of the molecule is CCOC(=O)/C=C(\C)NC(Cc1ccccc1)C(=O)O. The highest BCUT2D eigenvalue weighted by atomic mass is 16.5. The number of nitrogens with one attached hydrogen (secondary N) is 1. The number of benzene rings is 1. The van der Waals surface area contributed by atoms with Gasteiger partial charge in [-0.1, -0.05) is 30.3 Å². The van der Waals surface area contributed by atoms with Crippen LogP contribution in [0.5, 0.6) is 0 Å². The maximum Gasteiger partial charge on any atom is 0.332 e. The normalized spacial score (nSPS) is 12.6. The first-order valence-corrected chi connectivity index (χ1v) is 6.41. The van der Waals surface area contributed by atoms with Crippen LogP contribution in [0.25, 0.3) is 0 Å². The van der Waals surface area contributed by atoms with Gasteiger partial charge in [0.2, 0.25) is 0 Å². The van der Waals surface area contributed by atoms with E-state index < -0.39 is 18.0 Å². The van der Waals surface area contributed by atoms with Crippen LogP contribution in [0.3, 0.4) is 0 Å². The molecule has 1 atom stereocenters. The zero-order valence-corrected chi connectivity index (χ0v) is 11.6. The van der Waals surface area contributed by atoms with Gasteiger partial charge in [0.1, 0.15) is 6.04 Å². The van der Waals surface area contributed by atoms with Crippen LogP contribution < -0.4 is 5.32 Å². The number of carbonyl (C=O) groups is 2. The zero-order chi connectivity index (χ0) is 15.0. The van der Waals surface area contributed by atoms with Crippen molar-refractivity contribution in [3.05, 3.63) is 47.7 Å². The van der Waals surface area contributed by atoms with Crippen LogP contribution in [-0.4, -0.2) is 29.7 Å². The Hall–Kier alpha value is -2.30. The molecule has 5 nitrogen and oxygen atoms in total. The van der Waals surface area contributed by atoms with Crippen LogP contribution in [-0.2, 0) is 20.7 Å². The molecule has 108 valence electrons. The summed E-state index contributed by atoms with van der Waals surface area (Å²) < 4.78 is 4.77. The fourth-order valence-corrected chi connectivity index (χ4v) is 1.73. The predicted octanol–water partition coefficient (Wildman–Crippen LogP) is 1.74. The molecule has 20 heavy (non-hydrogen) atoms. The third-order valence-electron chi connectivity index (χ3n) is 2.60. The van der Waals surface area contributed by atoms with Crippen molar-refractivity contribution in [3.8, 4) is 0 Å². The second-order valence-electron chi connectivity index (χ2n) is 4.30. The summed E-state index contributed by atoms with van der Waals surface area (Å²) in [6, 6.07) is 8.52. The van der Waals surface area contributed by atoms with E-state index >= 15 is 0 Å². The first-order valence-electron chi connectivity index (χ1n) is 6.41. The van der Waals surface area contributed by atoms with E-state index in [-0.39, 0.29) is 6.61 Å². The minimum atomic E-state index is -0.967. The van der Waals surface area contributed by atoms with Crippen LogP contribution >= 0.6 is 0 Å². The Morgan fingerprint density at radius 1 is 1.35 bits per heavy atom. The summed E-state index contributed by atoms with van der Waals surface area (Å²) in [5.41, 5.74) is 1.38. The molecule has 0 bridgehead atoms. The van der Waals surface area contributed by atoms with E-state index in [1.165, 1.54) is 6.08 Å². The van der Waals surface area contributed by atoms with Crippen molar-refractivity contribution in [2.75, 3.05) is 6.61 Å². The molecule has 0 aliphatic heterocycles. The molecule has 0 spiro atoms. The molecule has 0 saturated heterocycles. The lowest BCUT2D eigenvalue weighted by atomic mass is 10.1. The summed E-state index contributed by atoms with van der Waals surface area (Å²) in [5.74, 6) is -1.45. The minimum Gasteiger partial charge on any atom is -0.480 e. The van der Waals surface area contributed by atoms with Gasteiger partial charge in [0.15, 0.2) is 0 Å². The number of ether oxygens (including phenoxy) is 1. The average Bonchev–Trinajstić information content (AvgIpc) is 2.39. The smallest absolute Gasteiger partial charge is 0.332 e. The molecular formula is C15H19NO4. The summed E-state index contributed by atoms with van der Waals surface area (Å²) in [6.07, 6.45) is 1.59. The van der Waals surface area contributed by atoms with Gasteiger partial charge >= 0.3 is 11.9 Å². The van der Waals surface area contributed by atoms with E-state index in [0.29, 0.717) is 12.1 Å². The van der Waals surface area contributed by atoms with Crippen LogP contribution in [0, 0.1) is 0 Å². The predicted molar refractivity (Wildman–Crippen MR) is 75.1 cm³/mol. The molecule has 0 aliphatic rings. The highest BCUT2D eigenvalue weighted by Crippen LogP contribution is 2.05. The Morgan fingerprint density at radius 3 is 2.55 bits per heavy atom. The number of allylic oxidation sites excluding steroid dienone is 1. The first-order chi connectivity index (χ1) is 9.52. The van der Waals surface area contributed by atoms with Crippen molar-refractivity contribution in [1.82, 2.24) is 5.32 Å². The molecule has 0 aliphatic carbocycles. The monoisotopic (exact) mass is 277 g/mol. The Balaban J connectivity index is 2.68. The van der Waals surface area contributed by atoms with Crippen LogP contribution in [0.1, 0.15) is 19.4 Å². The van der Waals surface area contributed by atoms with Gasteiger partial charge in [0.25, 0.3) is 0 Å². The average molecular weight is 277 g/mol. The number of carbonyl (C=O) groups excluding carboxylic acids is 1. The van der Waals surface area contributed by atoms with E-state index in [0.717, 1.165) is 5.56 Å². The molecule has 1 aromatic carbocycles. The lowest BCUT2D eigenvalue weighted by Gasteiger charge is -2.16. The molecule has 1 rings (SSSR count). The van der Waals surface area contributed by atoms with Crippen molar-refractivity contribution in [1.29, 1.82) is 0 Å². The van der Waals surface area contributed by atoms with E-state index in [2.05, 4.69) is 5.32 Å². The number of aliphatic carboxylic acids is 1. The van der Waals surface area contributed by atoms with E-state index in [1.807, 2.05) is 30.3 Å². The Labute approximate surface area is 118 Å². The molecule has 0 aromatic heterocycles. The largest absolute Gasteiger partial charge is 0.480 e. The summed E-state index contributed by atoms with van der Waals surface area (Å²) in [5, 5.41) is 12.0. The van der Waals surface area contributed by atoms with E-state index in [1.54, 1.807) is 13.8 Å². The number of carboxylic acid groups (broad SMARTS) is 1. The highest BCUT2D eigenvalue weighted by molar-refractivity contribution is 5.83. The van der Waals surface area contributed by atoms with Gasteiger partial charge in [-0.3, -0.25) is 0 Å². The van der Waals surface area contributed by atoms with Crippen molar-refractivity contribution < 1.29 is 19.4 Å². The van der Waals surface area contributed by atoms with Gasteiger partial charge < -0.3 is 15.2 Å². The van der Waals surface area contributed by atoms with Gasteiger partial charge in [-0.05, 0) is 19.4 Å². The molecule has 0 heterocycles. The molecule has 0 fully saturated rings. The van der Waals surface area contributed by atoms with Gasteiger partial charge in [-0.15, -0.1) is 0 Å². The third-order valence-corrected chi connectivity index (χ3v) is 2.60. The molecule has 1 aromatic rings. The number of carboxylic acids is 1. The van der Waals surface area contributed by atoms with Crippen molar-refractivity contribution in [3.63, 3.8) is 0 Å². The van der Waals surface area contributed by atoms with Gasteiger partial charge in [0.05, 0.1) is 6.61 Å². The summed E-state index contributed by atoms with van der Waals surface area (Å²) in [6.45, 7) is 3.64. The maximum atomic E-state index is 11.3. The summed E-state index contributed by atoms with van der Waals surface area (Å²) >= 11 is 0. The topological polar surface area (TPSA) is 75.6 Å². The van der Waals surface area contributed by atoms with E-state index in [4.69, 9.17) is 4.74 Å². The Kier molecular flexibility index (Phi) is 6.29. The molecule has 0 amide bonds.